The van der Waals surface area contributed by atoms with Crippen LogP contribution in [0.2, 0.25) is 0 Å². The van der Waals surface area contributed by atoms with Crippen LogP contribution in [0, 0.1) is 11.3 Å². The highest BCUT2D eigenvalue weighted by Crippen LogP contribution is 2.35. The minimum Gasteiger partial charge on any atom is -0.497 e. The number of rotatable bonds is 7. The summed E-state index contributed by atoms with van der Waals surface area (Å²) in [5.74, 6) is 2.22. The highest BCUT2D eigenvalue weighted by Gasteiger charge is 2.15. The highest BCUT2D eigenvalue weighted by molar-refractivity contribution is 5.71. The Balaban J connectivity index is 1.63. The number of pyridine rings is 1. The van der Waals surface area contributed by atoms with E-state index in [2.05, 4.69) is 21.7 Å². The predicted octanol–water partition coefficient (Wildman–Crippen LogP) is 4.59. The molecule has 0 amide bonds. The number of aromatic nitrogens is 1. The average molecular weight is 400 g/mol. The van der Waals surface area contributed by atoms with Crippen molar-refractivity contribution in [3.05, 3.63) is 66.5 Å². The maximum atomic E-state index is 9.18. The van der Waals surface area contributed by atoms with E-state index < -0.39 is 0 Å². The van der Waals surface area contributed by atoms with E-state index in [0.717, 1.165) is 47.2 Å². The molecule has 2 N–H and O–H groups in total. The maximum absolute atomic E-state index is 9.18. The lowest BCUT2D eigenvalue weighted by Crippen LogP contribution is -2.29. The van der Waals surface area contributed by atoms with Crippen molar-refractivity contribution in [2.24, 2.45) is 0 Å². The van der Waals surface area contributed by atoms with Gasteiger partial charge in [-0.1, -0.05) is 6.07 Å². The zero-order chi connectivity index (χ0) is 20.8. The molecular weight excluding hydrogens is 376 g/mol. The number of nitrogens with zero attached hydrogens (tertiary/aromatic N) is 2. The van der Waals surface area contributed by atoms with Crippen LogP contribution in [0.25, 0.3) is 11.1 Å². The molecule has 1 aromatic heterocycles. The lowest BCUT2D eigenvalue weighted by atomic mass is 10.0. The first kappa shape index (κ1) is 19.7. The van der Waals surface area contributed by atoms with E-state index >= 15 is 0 Å². The molecule has 0 radical (unpaired) electrons. The lowest BCUT2D eigenvalue weighted by Gasteiger charge is -2.17. The molecule has 3 aromatic rings. The van der Waals surface area contributed by atoms with Crippen molar-refractivity contribution in [1.82, 2.24) is 10.3 Å². The molecule has 6 nitrogen and oxygen atoms in total. The van der Waals surface area contributed by atoms with Gasteiger partial charge in [0.1, 0.15) is 17.6 Å². The first-order chi connectivity index (χ1) is 14.7. The van der Waals surface area contributed by atoms with Gasteiger partial charge in [-0.05, 0) is 67.4 Å². The second kappa shape index (κ2) is 9.29. The summed E-state index contributed by atoms with van der Waals surface area (Å²) >= 11 is 0. The Morgan fingerprint density at radius 3 is 2.67 bits per heavy atom. The zero-order valence-electron chi connectivity index (χ0n) is 16.9. The number of hydrogen-bond donors (Lipinski definition) is 2. The van der Waals surface area contributed by atoms with E-state index in [-0.39, 0.29) is 0 Å². The van der Waals surface area contributed by atoms with Crippen LogP contribution < -0.4 is 20.1 Å². The largest absolute Gasteiger partial charge is 0.497 e. The quantitative estimate of drug-likeness (QED) is 0.604. The molecular formula is C24H24N4O2. The highest BCUT2D eigenvalue weighted by atomic mass is 16.5. The number of anilines is 1. The van der Waals surface area contributed by atoms with Crippen LogP contribution in [0.4, 0.5) is 5.69 Å². The van der Waals surface area contributed by atoms with Crippen molar-refractivity contribution in [2.45, 2.75) is 18.9 Å². The van der Waals surface area contributed by atoms with Crippen LogP contribution in [0.5, 0.6) is 17.2 Å². The number of nitrogens with one attached hydrogen (secondary N) is 2. The van der Waals surface area contributed by atoms with Gasteiger partial charge in [-0.3, -0.25) is 4.98 Å². The molecule has 1 aliphatic rings. The second-order valence-electron chi connectivity index (χ2n) is 7.24. The van der Waals surface area contributed by atoms with Crippen LogP contribution in [-0.2, 0) is 0 Å². The molecule has 1 atom stereocenters. The van der Waals surface area contributed by atoms with Gasteiger partial charge in [0, 0.05) is 30.5 Å². The van der Waals surface area contributed by atoms with E-state index in [1.54, 1.807) is 19.5 Å². The van der Waals surface area contributed by atoms with Crippen molar-refractivity contribution in [3.8, 4) is 34.4 Å². The van der Waals surface area contributed by atoms with Gasteiger partial charge in [0.15, 0.2) is 5.75 Å². The number of benzene rings is 2. The van der Waals surface area contributed by atoms with Crippen molar-refractivity contribution < 1.29 is 9.47 Å². The number of hydrogen-bond acceptors (Lipinski definition) is 6. The Morgan fingerprint density at radius 2 is 1.93 bits per heavy atom. The van der Waals surface area contributed by atoms with Crippen molar-refractivity contribution in [3.63, 3.8) is 0 Å². The maximum Gasteiger partial charge on any atom is 0.151 e. The summed E-state index contributed by atoms with van der Waals surface area (Å²) in [6.45, 7) is 1.91. The van der Waals surface area contributed by atoms with Crippen LogP contribution >= 0.6 is 0 Å². The molecule has 1 fully saturated rings. The lowest BCUT2D eigenvalue weighted by molar-refractivity contribution is 0.413. The van der Waals surface area contributed by atoms with Crippen molar-refractivity contribution >= 4 is 5.69 Å². The molecule has 0 spiro atoms. The summed E-state index contributed by atoms with van der Waals surface area (Å²) < 4.78 is 11.4. The predicted molar refractivity (Wildman–Crippen MR) is 117 cm³/mol. The van der Waals surface area contributed by atoms with Gasteiger partial charge in [-0.2, -0.15) is 5.26 Å². The third-order valence-corrected chi connectivity index (χ3v) is 5.17. The third kappa shape index (κ3) is 4.70. The van der Waals surface area contributed by atoms with E-state index in [9.17, 15) is 5.26 Å². The second-order valence-corrected chi connectivity index (χ2v) is 7.24. The Hall–Kier alpha value is -3.56. The van der Waals surface area contributed by atoms with Gasteiger partial charge in [0.2, 0.25) is 0 Å². The molecule has 0 aliphatic carbocycles. The Labute approximate surface area is 176 Å². The molecule has 0 saturated carbocycles. The molecule has 1 saturated heterocycles. The number of nitriles is 1. The van der Waals surface area contributed by atoms with Crippen LogP contribution in [0.3, 0.4) is 0 Å². The van der Waals surface area contributed by atoms with Gasteiger partial charge in [0.25, 0.3) is 0 Å². The van der Waals surface area contributed by atoms with Crippen molar-refractivity contribution in [1.29, 1.82) is 5.26 Å². The van der Waals surface area contributed by atoms with E-state index in [4.69, 9.17) is 9.47 Å². The molecule has 0 unspecified atom stereocenters. The van der Waals surface area contributed by atoms with Gasteiger partial charge in [-0.15, -0.1) is 0 Å². The Bertz CT molecular complexity index is 1040. The summed E-state index contributed by atoms with van der Waals surface area (Å²) in [6.07, 6.45) is 5.70. The smallest absolute Gasteiger partial charge is 0.151 e. The Morgan fingerprint density at radius 1 is 1.10 bits per heavy atom. The molecule has 2 aromatic carbocycles. The van der Waals surface area contributed by atoms with Crippen molar-refractivity contribution in [2.75, 3.05) is 25.5 Å². The molecule has 30 heavy (non-hydrogen) atoms. The monoisotopic (exact) mass is 400 g/mol. The van der Waals surface area contributed by atoms with Gasteiger partial charge < -0.3 is 20.1 Å². The van der Waals surface area contributed by atoms with E-state index in [1.807, 2.05) is 48.5 Å². The fourth-order valence-corrected chi connectivity index (χ4v) is 3.53. The summed E-state index contributed by atoms with van der Waals surface area (Å²) in [6, 6.07) is 18.0. The van der Waals surface area contributed by atoms with E-state index in [0.29, 0.717) is 11.6 Å². The molecule has 0 bridgehead atoms. The average Bonchev–Trinajstić information content (AvgIpc) is 3.32. The molecule has 4 rings (SSSR count). The normalized spacial score (nSPS) is 15.4. The summed E-state index contributed by atoms with van der Waals surface area (Å²) in [5.41, 5.74) is 3.26. The molecule has 1 aliphatic heterocycles. The topological polar surface area (TPSA) is 79.2 Å². The minimum atomic E-state index is 0.468. The van der Waals surface area contributed by atoms with Crippen LogP contribution in [0.1, 0.15) is 18.4 Å². The van der Waals surface area contributed by atoms with Gasteiger partial charge in [-0.25, -0.2) is 0 Å². The molecule has 2 heterocycles. The molecule has 152 valence electrons. The Kier molecular flexibility index (Phi) is 6.11. The fraction of sp³-hybridized carbons (Fsp3) is 0.250. The first-order valence-electron chi connectivity index (χ1n) is 10.0. The summed E-state index contributed by atoms with van der Waals surface area (Å²) in [7, 11) is 1.64. The van der Waals surface area contributed by atoms with Gasteiger partial charge in [0.05, 0.1) is 18.4 Å². The standard InChI is InChI=1S/C24H24N4O2/c1-29-21-5-7-22(8-6-21)30-24-12-18(19-11-17(13-25)14-26-15-19)4-9-23(24)28-16-20-3-2-10-27-20/h4-9,11-12,14-15,20,27-28H,2-3,10,16H2,1H3/t20-/m0/s1. The summed E-state index contributed by atoms with van der Waals surface area (Å²) in [5, 5.41) is 16.2. The minimum absolute atomic E-state index is 0.468. The SMILES string of the molecule is COc1ccc(Oc2cc(-c3cncc(C#N)c3)ccc2NC[C@@H]2CCCN2)cc1. The third-order valence-electron chi connectivity index (χ3n) is 5.17. The van der Waals surface area contributed by atoms with Crippen LogP contribution in [0.15, 0.2) is 60.9 Å². The van der Waals surface area contributed by atoms with Gasteiger partial charge >= 0.3 is 0 Å². The summed E-state index contributed by atoms with van der Waals surface area (Å²) in [4.78, 5) is 4.17. The van der Waals surface area contributed by atoms with E-state index in [1.165, 1.54) is 12.8 Å². The van der Waals surface area contributed by atoms with Crippen LogP contribution in [-0.4, -0.2) is 31.2 Å². The number of methoxy groups -OCH3 is 1. The molecule has 6 heteroatoms. The fourth-order valence-electron chi connectivity index (χ4n) is 3.53. The first-order valence-corrected chi connectivity index (χ1v) is 10.0. The number of ether oxygens (including phenoxy) is 2. The zero-order valence-corrected chi connectivity index (χ0v) is 16.9.